The fourth-order valence-corrected chi connectivity index (χ4v) is 3.40. The second-order valence-electron chi connectivity index (χ2n) is 6.19. The van der Waals surface area contributed by atoms with Crippen LogP contribution in [0.4, 0.5) is 0 Å². The van der Waals surface area contributed by atoms with E-state index < -0.39 is 0 Å². The van der Waals surface area contributed by atoms with E-state index in [1.807, 2.05) is 53.8 Å². The highest BCUT2D eigenvalue weighted by Crippen LogP contribution is 2.24. The van der Waals surface area contributed by atoms with E-state index in [-0.39, 0.29) is 5.78 Å². The normalized spacial score (nSPS) is 11.2. The molecule has 5 nitrogen and oxygen atoms in total. The molecule has 0 aliphatic rings. The van der Waals surface area contributed by atoms with Crippen molar-refractivity contribution >= 4 is 22.3 Å². The third-order valence-electron chi connectivity index (χ3n) is 4.76. The van der Waals surface area contributed by atoms with Crippen molar-refractivity contribution in [3.8, 4) is 5.88 Å². The standard InChI is InChI=1S/C21H19N3O2/c1-4-15-13(2)24-12-18(22-21(24)23-20(15)26-3)19(25)17-11-7-9-14-8-5-6-10-16(14)17/h5-12H,4H2,1-3H3. The van der Waals surface area contributed by atoms with Gasteiger partial charge in [-0.2, -0.15) is 4.98 Å². The summed E-state index contributed by atoms with van der Waals surface area (Å²) in [6.45, 7) is 4.04. The number of aryl methyl sites for hydroxylation is 1. The van der Waals surface area contributed by atoms with Crippen molar-refractivity contribution in [1.29, 1.82) is 0 Å². The summed E-state index contributed by atoms with van der Waals surface area (Å²) < 4.78 is 7.25. The van der Waals surface area contributed by atoms with Gasteiger partial charge >= 0.3 is 0 Å². The van der Waals surface area contributed by atoms with Gasteiger partial charge in [-0.15, -0.1) is 0 Å². The molecule has 26 heavy (non-hydrogen) atoms. The second kappa shape index (κ2) is 6.26. The van der Waals surface area contributed by atoms with Gasteiger partial charge in [0.2, 0.25) is 17.4 Å². The van der Waals surface area contributed by atoms with Gasteiger partial charge in [0, 0.05) is 23.0 Å². The first-order chi connectivity index (χ1) is 12.6. The summed E-state index contributed by atoms with van der Waals surface area (Å²) in [6, 6.07) is 13.6. The second-order valence-corrected chi connectivity index (χ2v) is 6.19. The fraction of sp³-hybridized carbons (Fsp3) is 0.190. The average molecular weight is 345 g/mol. The number of imidazole rings is 1. The Morgan fingerprint density at radius 2 is 1.88 bits per heavy atom. The van der Waals surface area contributed by atoms with E-state index in [0.717, 1.165) is 28.5 Å². The molecule has 0 N–H and O–H groups in total. The lowest BCUT2D eigenvalue weighted by Gasteiger charge is -2.10. The Bertz CT molecular complexity index is 1140. The molecule has 0 aliphatic carbocycles. The zero-order valence-corrected chi connectivity index (χ0v) is 15.0. The monoisotopic (exact) mass is 345 g/mol. The Hall–Kier alpha value is -3.21. The van der Waals surface area contributed by atoms with Crippen molar-refractivity contribution in [1.82, 2.24) is 14.4 Å². The van der Waals surface area contributed by atoms with E-state index in [1.165, 1.54) is 0 Å². The molecular weight excluding hydrogens is 326 g/mol. The lowest BCUT2D eigenvalue weighted by atomic mass is 10.0. The number of benzene rings is 2. The summed E-state index contributed by atoms with van der Waals surface area (Å²) in [5.74, 6) is 0.927. The number of hydrogen-bond donors (Lipinski definition) is 0. The molecule has 0 unspecified atom stereocenters. The van der Waals surface area contributed by atoms with Crippen LogP contribution >= 0.6 is 0 Å². The SMILES string of the molecule is CCc1c(OC)nc2nc(C(=O)c3cccc4ccccc34)cn2c1C. The Morgan fingerprint density at radius 3 is 2.65 bits per heavy atom. The van der Waals surface area contributed by atoms with Gasteiger partial charge in [0.05, 0.1) is 7.11 Å². The predicted octanol–water partition coefficient (Wildman–Crippen LogP) is 3.99. The average Bonchev–Trinajstić information content (AvgIpc) is 3.11. The Kier molecular flexibility index (Phi) is 3.92. The minimum Gasteiger partial charge on any atom is -0.481 e. The molecule has 2 aromatic carbocycles. The minimum absolute atomic E-state index is 0.108. The fourth-order valence-electron chi connectivity index (χ4n) is 3.40. The Morgan fingerprint density at radius 1 is 1.12 bits per heavy atom. The van der Waals surface area contributed by atoms with Crippen molar-refractivity contribution in [3.63, 3.8) is 0 Å². The maximum Gasteiger partial charge on any atom is 0.237 e. The van der Waals surface area contributed by atoms with Gasteiger partial charge in [-0.1, -0.05) is 49.4 Å². The van der Waals surface area contributed by atoms with Gasteiger partial charge in [0.1, 0.15) is 5.69 Å². The van der Waals surface area contributed by atoms with E-state index in [0.29, 0.717) is 22.9 Å². The van der Waals surface area contributed by atoms with Crippen LogP contribution in [-0.4, -0.2) is 27.3 Å². The number of rotatable bonds is 4. The molecule has 0 spiro atoms. The van der Waals surface area contributed by atoms with Crippen molar-refractivity contribution in [2.45, 2.75) is 20.3 Å². The molecule has 0 fully saturated rings. The van der Waals surface area contributed by atoms with Crippen LogP contribution in [-0.2, 0) is 6.42 Å². The number of nitrogens with zero attached hydrogens (tertiary/aromatic N) is 3. The molecule has 130 valence electrons. The van der Waals surface area contributed by atoms with Crippen LogP contribution in [0.5, 0.6) is 5.88 Å². The highest BCUT2D eigenvalue weighted by Gasteiger charge is 2.19. The van der Waals surface area contributed by atoms with E-state index in [4.69, 9.17) is 4.74 Å². The molecule has 0 amide bonds. The number of methoxy groups -OCH3 is 1. The van der Waals surface area contributed by atoms with Crippen molar-refractivity contribution in [3.05, 3.63) is 71.2 Å². The number of carbonyl (C=O) groups excluding carboxylic acids is 1. The Balaban J connectivity index is 1.89. The maximum atomic E-state index is 13.1. The van der Waals surface area contributed by atoms with E-state index in [9.17, 15) is 4.79 Å². The lowest BCUT2D eigenvalue weighted by molar-refractivity contribution is 0.103. The third kappa shape index (κ3) is 2.44. The number of ether oxygens (including phenoxy) is 1. The molecule has 0 saturated carbocycles. The van der Waals surface area contributed by atoms with Gasteiger partial charge in [-0.05, 0) is 24.1 Å². The van der Waals surface area contributed by atoms with Gasteiger partial charge < -0.3 is 4.74 Å². The van der Waals surface area contributed by atoms with Gasteiger partial charge in [-0.3, -0.25) is 9.20 Å². The van der Waals surface area contributed by atoms with Crippen LogP contribution in [0.3, 0.4) is 0 Å². The van der Waals surface area contributed by atoms with Crippen LogP contribution in [0.1, 0.15) is 34.2 Å². The molecule has 0 radical (unpaired) electrons. The topological polar surface area (TPSA) is 56.5 Å². The molecule has 4 aromatic rings. The molecule has 0 aliphatic heterocycles. The highest BCUT2D eigenvalue weighted by molar-refractivity contribution is 6.15. The minimum atomic E-state index is -0.108. The third-order valence-corrected chi connectivity index (χ3v) is 4.76. The largest absolute Gasteiger partial charge is 0.481 e. The number of carbonyl (C=O) groups is 1. The molecule has 4 rings (SSSR count). The van der Waals surface area contributed by atoms with Crippen molar-refractivity contribution in [2.24, 2.45) is 0 Å². The first-order valence-electron chi connectivity index (χ1n) is 8.59. The maximum absolute atomic E-state index is 13.1. The smallest absolute Gasteiger partial charge is 0.237 e. The van der Waals surface area contributed by atoms with Gasteiger partial charge in [0.15, 0.2) is 0 Å². The first kappa shape index (κ1) is 16.3. The number of ketones is 1. The molecule has 0 saturated heterocycles. The summed E-state index contributed by atoms with van der Waals surface area (Å²) in [7, 11) is 1.60. The van der Waals surface area contributed by atoms with Crippen LogP contribution in [0, 0.1) is 6.92 Å². The summed E-state index contributed by atoms with van der Waals surface area (Å²) in [4.78, 5) is 22.0. The molecule has 2 aromatic heterocycles. The zero-order valence-electron chi connectivity index (χ0n) is 15.0. The molecule has 0 bridgehead atoms. The molecule has 2 heterocycles. The van der Waals surface area contributed by atoms with E-state index in [2.05, 4.69) is 16.9 Å². The zero-order chi connectivity index (χ0) is 18.3. The quantitative estimate of drug-likeness (QED) is 0.525. The highest BCUT2D eigenvalue weighted by atomic mass is 16.5. The Labute approximate surface area is 151 Å². The number of fused-ring (bicyclic) bond motifs is 2. The summed E-state index contributed by atoms with van der Waals surface area (Å²) >= 11 is 0. The first-order valence-corrected chi connectivity index (χ1v) is 8.59. The summed E-state index contributed by atoms with van der Waals surface area (Å²) in [5.41, 5.74) is 3.03. The van der Waals surface area contributed by atoms with E-state index >= 15 is 0 Å². The van der Waals surface area contributed by atoms with Gasteiger partial charge in [0.25, 0.3) is 0 Å². The van der Waals surface area contributed by atoms with Crippen molar-refractivity contribution in [2.75, 3.05) is 7.11 Å². The number of hydrogen-bond acceptors (Lipinski definition) is 4. The molecule has 0 atom stereocenters. The van der Waals surface area contributed by atoms with Crippen molar-refractivity contribution < 1.29 is 9.53 Å². The van der Waals surface area contributed by atoms with Crippen LogP contribution in [0.15, 0.2) is 48.7 Å². The van der Waals surface area contributed by atoms with Crippen LogP contribution < -0.4 is 4.74 Å². The lowest BCUT2D eigenvalue weighted by Crippen LogP contribution is -2.03. The summed E-state index contributed by atoms with van der Waals surface area (Å²) in [5, 5.41) is 1.96. The molecule has 5 heteroatoms. The van der Waals surface area contributed by atoms with Crippen LogP contribution in [0.25, 0.3) is 16.6 Å². The number of aromatic nitrogens is 3. The predicted molar refractivity (Wildman–Crippen MR) is 101 cm³/mol. The summed E-state index contributed by atoms with van der Waals surface area (Å²) in [6.07, 6.45) is 2.56. The molecular formula is C21H19N3O2. The van der Waals surface area contributed by atoms with Crippen LogP contribution in [0.2, 0.25) is 0 Å². The van der Waals surface area contributed by atoms with E-state index in [1.54, 1.807) is 13.3 Å². The van der Waals surface area contributed by atoms with Gasteiger partial charge in [-0.25, -0.2) is 4.98 Å².